The zero-order chi connectivity index (χ0) is 13.7. The van der Waals surface area contributed by atoms with Crippen LogP contribution in [0.1, 0.15) is 0 Å². The lowest BCUT2D eigenvalue weighted by Gasteiger charge is -2.09. The minimum absolute atomic E-state index is 0.503. The molecule has 0 atom stereocenters. The van der Waals surface area contributed by atoms with Gasteiger partial charge in [0.05, 0.1) is 0 Å². The van der Waals surface area contributed by atoms with Gasteiger partial charge in [0, 0.05) is 27.3 Å². The van der Waals surface area contributed by atoms with Crippen molar-refractivity contribution in [2.24, 2.45) is 0 Å². The van der Waals surface area contributed by atoms with Gasteiger partial charge in [-0.15, -0.1) is 0 Å². The Hall–Kier alpha value is -1.09. The van der Waals surface area contributed by atoms with Gasteiger partial charge < -0.3 is 10.1 Å². The van der Waals surface area contributed by atoms with Crippen molar-refractivity contribution < 1.29 is 4.74 Å². The lowest BCUT2D eigenvalue weighted by molar-refractivity contribution is 0.333. The first kappa shape index (κ1) is 14.3. The molecule has 0 spiro atoms. The zero-order valence-corrected chi connectivity index (χ0v) is 12.3. The molecule has 0 saturated carbocycles. The van der Waals surface area contributed by atoms with Gasteiger partial charge in [-0.25, -0.2) is 0 Å². The van der Waals surface area contributed by atoms with Crippen LogP contribution < -0.4 is 10.1 Å². The maximum Gasteiger partial charge on any atom is 0.122 e. The molecule has 2 nitrogen and oxygen atoms in total. The molecule has 5 heteroatoms. The van der Waals surface area contributed by atoms with Gasteiger partial charge in [0.15, 0.2) is 0 Å². The average Bonchev–Trinajstić information content (AvgIpc) is 2.34. The standard InChI is InChI=1S/C14H12Cl3NO/c15-10-2-1-3-13(7-10)18-4-5-19-14-8-11(16)6-12(17)9-14/h1-3,6-9,18H,4-5H2. The minimum atomic E-state index is 0.503. The average molecular weight is 317 g/mol. The third-order valence-corrected chi connectivity index (χ3v) is 3.03. The van der Waals surface area contributed by atoms with Crippen LogP contribution in [0, 0.1) is 0 Å². The quantitative estimate of drug-likeness (QED) is 0.771. The van der Waals surface area contributed by atoms with E-state index < -0.39 is 0 Å². The molecule has 2 aromatic carbocycles. The first-order valence-electron chi connectivity index (χ1n) is 5.72. The number of hydrogen-bond donors (Lipinski definition) is 1. The molecule has 0 aliphatic rings. The van der Waals surface area contributed by atoms with Gasteiger partial charge in [-0.05, 0) is 36.4 Å². The monoisotopic (exact) mass is 315 g/mol. The van der Waals surface area contributed by atoms with Crippen molar-refractivity contribution in [1.82, 2.24) is 0 Å². The van der Waals surface area contributed by atoms with Gasteiger partial charge in [0.25, 0.3) is 0 Å². The van der Waals surface area contributed by atoms with Crippen LogP contribution in [-0.4, -0.2) is 13.2 Å². The lowest BCUT2D eigenvalue weighted by atomic mass is 10.3. The minimum Gasteiger partial charge on any atom is -0.492 e. The molecule has 0 aliphatic carbocycles. The Labute approximate surface area is 127 Å². The van der Waals surface area contributed by atoms with Crippen molar-refractivity contribution in [1.29, 1.82) is 0 Å². The van der Waals surface area contributed by atoms with Crippen LogP contribution in [-0.2, 0) is 0 Å². The van der Waals surface area contributed by atoms with E-state index in [0.29, 0.717) is 34.0 Å². The Bertz CT molecular complexity index is 540. The van der Waals surface area contributed by atoms with Gasteiger partial charge in [-0.3, -0.25) is 0 Å². The fraction of sp³-hybridized carbons (Fsp3) is 0.143. The van der Waals surface area contributed by atoms with E-state index >= 15 is 0 Å². The van der Waals surface area contributed by atoms with Crippen LogP contribution in [0.3, 0.4) is 0 Å². The van der Waals surface area contributed by atoms with Crippen molar-refractivity contribution in [2.45, 2.75) is 0 Å². The van der Waals surface area contributed by atoms with Gasteiger partial charge in [0.1, 0.15) is 12.4 Å². The molecule has 2 rings (SSSR count). The van der Waals surface area contributed by atoms with E-state index in [0.717, 1.165) is 5.69 Å². The smallest absolute Gasteiger partial charge is 0.122 e. The predicted molar refractivity (Wildman–Crippen MR) is 81.9 cm³/mol. The van der Waals surface area contributed by atoms with Crippen molar-refractivity contribution in [3.63, 3.8) is 0 Å². The number of benzene rings is 2. The third kappa shape index (κ3) is 4.83. The van der Waals surface area contributed by atoms with Crippen LogP contribution >= 0.6 is 34.8 Å². The Kier molecular flexibility index (Phi) is 5.20. The molecule has 0 amide bonds. The number of halogens is 3. The summed E-state index contributed by atoms with van der Waals surface area (Å²) < 4.78 is 5.56. The van der Waals surface area contributed by atoms with Gasteiger partial charge in [-0.1, -0.05) is 40.9 Å². The second-order valence-electron chi connectivity index (χ2n) is 3.89. The molecule has 0 bridgehead atoms. The largest absolute Gasteiger partial charge is 0.492 e. The molecule has 1 N–H and O–H groups in total. The SMILES string of the molecule is Clc1cccc(NCCOc2cc(Cl)cc(Cl)c2)c1. The molecule has 0 radical (unpaired) electrons. The second kappa shape index (κ2) is 6.90. The molecule has 100 valence electrons. The molecule has 0 aliphatic heterocycles. The topological polar surface area (TPSA) is 21.3 Å². The van der Waals surface area contributed by atoms with E-state index in [9.17, 15) is 0 Å². The summed E-state index contributed by atoms with van der Waals surface area (Å²) in [7, 11) is 0. The normalized spacial score (nSPS) is 10.3. The molecule has 2 aromatic rings. The zero-order valence-electron chi connectivity index (χ0n) is 10.00. The summed E-state index contributed by atoms with van der Waals surface area (Å²) in [5, 5.41) is 5.03. The van der Waals surface area contributed by atoms with E-state index in [2.05, 4.69) is 5.32 Å². The highest BCUT2D eigenvalue weighted by Crippen LogP contribution is 2.24. The maximum atomic E-state index is 5.89. The number of rotatable bonds is 5. The fourth-order valence-corrected chi connectivity index (χ4v) is 2.27. The van der Waals surface area contributed by atoms with Gasteiger partial charge >= 0.3 is 0 Å². The van der Waals surface area contributed by atoms with E-state index in [-0.39, 0.29) is 0 Å². The summed E-state index contributed by atoms with van der Waals surface area (Å²) >= 11 is 17.7. The summed E-state index contributed by atoms with van der Waals surface area (Å²) in [4.78, 5) is 0. The Balaban J connectivity index is 1.80. The maximum absolute atomic E-state index is 5.89. The number of nitrogens with one attached hydrogen (secondary N) is 1. The summed E-state index contributed by atoms with van der Waals surface area (Å²) in [6.45, 7) is 1.16. The van der Waals surface area contributed by atoms with Gasteiger partial charge in [-0.2, -0.15) is 0 Å². The Morgan fingerprint density at radius 1 is 0.895 bits per heavy atom. The molecule has 0 aromatic heterocycles. The molecular weight excluding hydrogens is 305 g/mol. The lowest BCUT2D eigenvalue weighted by Crippen LogP contribution is -2.11. The summed E-state index contributed by atoms with van der Waals surface area (Å²) in [6.07, 6.45) is 0. The molecule has 19 heavy (non-hydrogen) atoms. The van der Waals surface area contributed by atoms with Crippen molar-refractivity contribution in [3.05, 3.63) is 57.5 Å². The molecule has 0 unspecified atom stereocenters. The van der Waals surface area contributed by atoms with Crippen molar-refractivity contribution >= 4 is 40.5 Å². The number of hydrogen-bond acceptors (Lipinski definition) is 2. The highest BCUT2D eigenvalue weighted by atomic mass is 35.5. The first-order valence-corrected chi connectivity index (χ1v) is 6.85. The number of ether oxygens (including phenoxy) is 1. The molecular formula is C14H12Cl3NO. The van der Waals surface area contributed by atoms with Crippen LogP contribution in [0.4, 0.5) is 5.69 Å². The molecule has 0 heterocycles. The highest BCUT2D eigenvalue weighted by molar-refractivity contribution is 6.34. The molecule has 0 fully saturated rings. The van der Waals surface area contributed by atoms with Crippen molar-refractivity contribution in [2.75, 3.05) is 18.5 Å². The Morgan fingerprint density at radius 2 is 1.63 bits per heavy atom. The molecule has 0 saturated heterocycles. The van der Waals surface area contributed by atoms with Crippen molar-refractivity contribution in [3.8, 4) is 5.75 Å². The van der Waals surface area contributed by atoms with E-state index in [1.165, 1.54) is 0 Å². The second-order valence-corrected chi connectivity index (χ2v) is 5.20. The number of anilines is 1. The first-order chi connectivity index (χ1) is 9.13. The van der Waals surface area contributed by atoms with Crippen LogP contribution in [0.2, 0.25) is 15.1 Å². The predicted octanol–water partition coefficient (Wildman–Crippen LogP) is 5.14. The van der Waals surface area contributed by atoms with E-state index in [1.807, 2.05) is 24.3 Å². The van der Waals surface area contributed by atoms with E-state index in [4.69, 9.17) is 39.5 Å². The van der Waals surface area contributed by atoms with Crippen LogP contribution in [0.15, 0.2) is 42.5 Å². The van der Waals surface area contributed by atoms with Crippen LogP contribution in [0.5, 0.6) is 5.75 Å². The third-order valence-electron chi connectivity index (χ3n) is 2.36. The Morgan fingerprint density at radius 3 is 2.32 bits per heavy atom. The van der Waals surface area contributed by atoms with E-state index in [1.54, 1.807) is 18.2 Å². The fourth-order valence-electron chi connectivity index (χ4n) is 1.57. The summed E-state index contributed by atoms with van der Waals surface area (Å²) in [5.74, 6) is 0.658. The summed E-state index contributed by atoms with van der Waals surface area (Å²) in [5.41, 5.74) is 0.959. The van der Waals surface area contributed by atoms with Crippen LogP contribution in [0.25, 0.3) is 0 Å². The highest BCUT2D eigenvalue weighted by Gasteiger charge is 1.99. The van der Waals surface area contributed by atoms with Gasteiger partial charge in [0.2, 0.25) is 0 Å². The summed E-state index contributed by atoms with van der Waals surface area (Å²) in [6, 6.07) is 12.7.